The molecule has 1 unspecified atom stereocenters. The Morgan fingerprint density at radius 3 is 2.96 bits per heavy atom. The summed E-state index contributed by atoms with van der Waals surface area (Å²) < 4.78 is 2.16. The van der Waals surface area contributed by atoms with Crippen LogP contribution in [0.2, 0.25) is 0 Å². The fraction of sp³-hybridized carbons (Fsp3) is 0.550. The van der Waals surface area contributed by atoms with Gasteiger partial charge >= 0.3 is 0 Å². The van der Waals surface area contributed by atoms with Gasteiger partial charge in [-0.05, 0) is 70.3 Å². The van der Waals surface area contributed by atoms with Crippen LogP contribution in [-0.4, -0.2) is 41.4 Å². The van der Waals surface area contributed by atoms with Crippen molar-refractivity contribution in [1.82, 2.24) is 14.7 Å². The molecule has 1 N–H and O–H groups in total. The standard InChI is InChI=1S/C20H28N4/c1-15-7-5-9-17(13-15)24-20-18(10-3-4-11-21-20)19(22-24)16-8-6-12-23(2)14-16/h5,7,9,13,16,21H,3-4,6,8,10-12,14H2,1-2H3. The second kappa shape index (κ2) is 6.60. The molecule has 1 atom stereocenters. The first kappa shape index (κ1) is 15.7. The van der Waals surface area contributed by atoms with E-state index in [1.807, 2.05) is 0 Å². The van der Waals surface area contributed by atoms with Gasteiger partial charge in [0.25, 0.3) is 0 Å². The smallest absolute Gasteiger partial charge is 0.133 e. The second-order valence-electron chi connectivity index (χ2n) is 7.45. The van der Waals surface area contributed by atoms with Gasteiger partial charge in [-0.15, -0.1) is 0 Å². The zero-order valence-corrected chi connectivity index (χ0v) is 14.9. The summed E-state index contributed by atoms with van der Waals surface area (Å²) in [6.45, 7) is 5.55. The Morgan fingerprint density at radius 1 is 1.21 bits per heavy atom. The molecule has 0 amide bonds. The predicted octanol–water partition coefficient (Wildman–Crippen LogP) is 3.74. The average molecular weight is 324 g/mol. The number of nitrogens with zero attached hydrogens (tertiary/aromatic N) is 3. The minimum absolute atomic E-state index is 0.573. The van der Waals surface area contributed by atoms with Gasteiger partial charge in [-0.25, -0.2) is 4.68 Å². The first-order chi connectivity index (χ1) is 11.7. The van der Waals surface area contributed by atoms with Crippen molar-refractivity contribution in [1.29, 1.82) is 0 Å². The van der Waals surface area contributed by atoms with Gasteiger partial charge in [-0.3, -0.25) is 0 Å². The quantitative estimate of drug-likeness (QED) is 0.913. The molecule has 3 heterocycles. The van der Waals surface area contributed by atoms with Gasteiger partial charge in [-0.2, -0.15) is 5.10 Å². The van der Waals surface area contributed by atoms with Crippen LogP contribution in [0.15, 0.2) is 24.3 Å². The van der Waals surface area contributed by atoms with Crippen molar-refractivity contribution in [3.8, 4) is 5.69 Å². The van der Waals surface area contributed by atoms with Crippen LogP contribution < -0.4 is 5.32 Å². The highest BCUT2D eigenvalue weighted by Gasteiger charge is 2.28. The van der Waals surface area contributed by atoms with Crippen LogP contribution in [0.1, 0.15) is 48.4 Å². The molecule has 4 nitrogen and oxygen atoms in total. The van der Waals surface area contributed by atoms with Crippen molar-refractivity contribution in [2.45, 2.75) is 44.9 Å². The Balaban J connectivity index is 1.79. The number of nitrogens with one attached hydrogen (secondary N) is 1. The van der Waals surface area contributed by atoms with Crippen LogP contribution in [-0.2, 0) is 6.42 Å². The maximum absolute atomic E-state index is 5.13. The summed E-state index contributed by atoms with van der Waals surface area (Å²) in [5.74, 6) is 1.81. The van der Waals surface area contributed by atoms with Crippen LogP contribution in [0.25, 0.3) is 5.69 Å². The SMILES string of the molecule is Cc1cccc(-n2nc(C3CCCN(C)C3)c3c2NCCCC3)c1. The molecule has 2 aliphatic rings. The molecule has 0 radical (unpaired) electrons. The van der Waals surface area contributed by atoms with Crippen molar-refractivity contribution in [3.05, 3.63) is 41.1 Å². The summed E-state index contributed by atoms with van der Waals surface area (Å²) >= 11 is 0. The molecule has 24 heavy (non-hydrogen) atoms. The van der Waals surface area contributed by atoms with Crippen LogP contribution >= 0.6 is 0 Å². The summed E-state index contributed by atoms with van der Waals surface area (Å²) in [6.07, 6.45) is 6.20. The highest BCUT2D eigenvalue weighted by atomic mass is 15.3. The molecule has 0 bridgehead atoms. The van der Waals surface area contributed by atoms with Crippen LogP contribution in [0, 0.1) is 6.92 Å². The minimum atomic E-state index is 0.573. The maximum atomic E-state index is 5.13. The highest BCUT2D eigenvalue weighted by Crippen LogP contribution is 2.35. The number of aryl methyl sites for hydroxylation is 1. The lowest BCUT2D eigenvalue weighted by atomic mass is 9.91. The van der Waals surface area contributed by atoms with E-state index in [1.54, 1.807) is 0 Å². The Labute approximate surface area is 144 Å². The molecule has 0 saturated carbocycles. The molecule has 128 valence electrons. The van der Waals surface area contributed by atoms with Crippen molar-refractivity contribution in [2.75, 3.05) is 32.0 Å². The van der Waals surface area contributed by atoms with Gasteiger partial charge < -0.3 is 10.2 Å². The monoisotopic (exact) mass is 324 g/mol. The number of hydrogen-bond donors (Lipinski definition) is 1. The summed E-state index contributed by atoms with van der Waals surface area (Å²) in [7, 11) is 2.24. The Morgan fingerprint density at radius 2 is 2.12 bits per heavy atom. The third-order valence-electron chi connectivity index (χ3n) is 5.42. The van der Waals surface area contributed by atoms with E-state index < -0.39 is 0 Å². The van der Waals surface area contributed by atoms with Crippen LogP contribution in [0.4, 0.5) is 5.82 Å². The van der Waals surface area contributed by atoms with Crippen molar-refractivity contribution in [2.24, 2.45) is 0 Å². The Hall–Kier alpha value is -1.81. The largest absolute Gasteiger partial charge is 0.370 e. The van der Waals surface area contributed by atoms with E-state index in [4.69, 9.17) is 5.10 Å². The summed E-state index contributed by atoms with van der Waals surface area (Å²) in [5.41, 5.74) is 5.27. The molecule has 2 aromatic rings. The van der Waals surface area contributed by atoms with Gasteiger partial charge in [0.2, 0.25) is 0 Å². The molecule has 0 aliphatic carbocycles. The molecule has 0 spiro atoms. The molecular weight excluding hydrogens is 296 g/mol. The van der Waals surface area contributed by atoms with Gasteiger partial charge in [0.1, 0.15) is 5.82 Å². The van der Waals surface area contributed by atoms with Gasteiger partial charge in [0.05, 0.1) is 11.4 Å². The zero-order valence-electron chi connectivity index (χ0n) is 14.9. The lowest BCUT2D eigenvalue weighted by molar-refractivity contribution is 0.247. The molecule has 4 heteroatoms. The molecule has 1 saturated heterocycles. The average Bonchev–Trinajstić information content (AvgIpc) is 2.76. The molecule has 2 aliphatic heterocycles. The van der Waals surface area contributed by atoms with E-state index in [2.05, 4.69) is 53.1 Å². The molecule has 1 aromatic carbocycles. The van der Waals surface area contributed by atoms with E-state index in [0.717, 1.165) is 19.5 Å². The number of rotatable bonds is 2. The number of anilines is 1. The summed E-state index contributed by atoms with van der Waals surface area (Å²) in [6, 6.07) is 8.68. The Kier molecular flexibility index (Phi) is 4.31. The number of likely N-dealkylation sites (tertiary alicyclic amines) is 1. The van der Waals surface area contributed by atoms with E-state index in [1.165, 1.54) is 60.6 Å². The number of aromatic nitrogens is 2. The molecular formula is C20H28N4. The number of piperidine rings is 1. The second-order valence-corrected chi connectivity index (χ2v) is 7.45. The van der Waals surface area contributed by atoms with E-state index in [9.17, 15) is 0 Å². The lowest BCUT2D eigenvalue weighted by Gasteiger charge is -2.29. The van der Waals surface area contributed by atoms with Gasteiger partial charge in [0.15, 0.2) is 0 Å². The van der Waals surface area contributed by atoms with E-state index in [-0.39, 0.29) is 0 Å². The van der Waals surface area contributed by atoms with Crippen molar-refractivity contribution in [3.63, 3.8) is 0 Å². The maximum Gasteiger partial charge on any atom is 0.133 e. The van der Waals surface area contributed by atoms with Gasteiger partial charge in [-0.1, -0.05) is 12.1 Å². The third-order valence-corrected chi connectivity index (χ3v) is 5.42. The fourth-order valence-corrected chi connectivity index (χ4v) is 4.19. The first-order valence-corrected chi connectivity index (χ1v) is 9.33. The molecule has 4 rings (SSSR count). The molecule has 1 aromatic heterocycles. The number of likely N-dealkylation sites (N-methyl/N-ethyl adjacent to an activating group) is 1. The molecule has 1 fully saturated rings. The van der Waals surface area contributed by atoms with Crippen molar-refractivity contribution < 1.29 is 0 Å². The first-order valence-electron chi connectivity index (χ1n) is 9.33. The number of fused-ring (bicyclic) bond motifs is 1. The van der Waals surface area contributed by atoms with E-state index in [0.29, 0.717) is 5.92 Å². The lowest BCUT2D eigenvalue weighted by Crippen LogP contribution is -2.31. The number of hydrogen-bond acceptors (Lipinski definition) is 3. The number of benzene rings is 1. The van der Waals surface area contributed by atoms with Gasteiger partial charge in [0, 0.05) is 24.6 Å². The summed E-state index contributed by atoms with van der Waals surface area (Å²) in [5, 5.41) is 8.80. The fourth-order valence-electron chi connectivity index (χ4n) is 4.19. The zero-order chi connectivity index (χ0) is 16.5. The Bertz CT molecular complexity index is 718. The third kappa shape index (κ3) is 2.95. The topological polar surface area (TPSA) is 33.1 Å². The van der Waals surface area contributed by atoms with Crippen LogP contribution in [0.3, 0.4) is 0 Å². The highest BCUT2D eigenvalue weighted by molar-refractivity contribution is 5.55. The van der Waals surface area contributed by atoms with Crippen LogP contribution in [0.5, 0.6) is 0 Å². The summed E-state index contributed by atoms with van der Waals surface area (Å²) in [4.78, 5) is 2.45. The predicted molar refractivity (Wildman–Crippen MR) is 99.2 cm³/mol. The van der Waals surface area contributed by atoms with Crippen molar-refractivity contribution >= 4 is 5.82 Å². The minimum Gasteiger partial charge on any atom is -0.370 e. The van der Waals surface area contributed by atoms with E-state index >= 15 is 0 Å². The normalized spacial score (nSPS) is 21.8.